The van der Waals surface area contributed by atoms with Crippen molar-refractivity contribution in [1.29, 1.82) is 0 Å². The zero-order chi connectivity index (χ0) is 14.9. The Labute approximate surface area is 134 Å². The van der Waals surface area contributed by atoms with E-state index in [0.717, 1.165) is 23.2 Å². The molecule has 1 aliphatic rings. The van der Waals surface area contributed by atoms with Gasteiger partial charge in [0.15, 0.2) is 0 Å². The Morgan fingerprint density at radius 1 is 1.19 bits per heavy atom. The van der Waals surface area contributed by atoms with Gasteiger partial charge < -0.3 is 10.1 Å². The van der Waals surface area contributed by atoms with Gasteiger partial charge in [-0.15, -0.1) is 0 Å². The minimum atomic E-state index is -0.136. The molecule has 1 aliphatic heterocycles. The van der Waals surface area contributed by atoms with Crippen LogP contribution in [0.5, 0.6) is 5.75 Å². The Balaban J connectivity index is 1.78. The third kappa shape index (κ3) is 3.47. The standard InChI is InChI=1S/C18H20BrNO/c1-18(2)11-16(15-8-3-4-9-17(15)21-18)20-12-13-6-5-7-14(19)10-13/h3-10,16,20H,11-12H2,1-2H3. The fourth-order valence-electron chi connectivity index (χ4n) is 2.87. The molecule has 1 unspecified atom stereocenters. The van der Waals surface area contributed by atoms with Gasteiger partial charge in [-0.05, 0) is 37.6 Å². The highest BCUT2D eigenvalue weighted by atomic mass is 79.9. The number of benzene rings is 2. The van der Waals surface area contributed by atoms with Crippen LogP contribution in [0.25, 0.3) is 0 Å². The summed E-state index contributed by atoms with van der Waals surface area (Å²) in [7, 11) is 0. The molecule has 0 saturated carbocycles. The molecule has 0 aliphatic carbocycles. The molecule has 2 aromatic rings. The van der Waals surface area contributed by atoms with Crippen LogP contribution in [-0.4, -0.2) is 5.60 Å². The smallest absolute Gasteiger partial charge is 0.124 e. The molecule has 1 atom stereocenters. The zero-order valence-electron chi connectivity index (χ0n) is 12.4. The lowest BCUT2D eigenvalue weighted by Crippen LogP contribution is -2.39. The summed E-state index contributed by atoms with van der Waals surface area (Å²) in [4.78, 5) is 0. The largest absolute Gasteiger partial charge is 0.487 e. The average Bonchev–Trinajstić information content (AvgIpc) is 2.44. The molecule has 2 nitrogen and oxygen atoms in total. The summed E-state index contributed by atoms with van der Waals surface area (Å²) in [6, 6.07) is 17.1. The number of nitrogens with one attached hydrogen (secondary N) is 1. The number of fused-ring (bicyclic) bond motifs is 1. The maximum absolute atomic E-state index is 6.07. The Kier molecular flexibility index (Phi) is 4.05. The van der Waals surface area contributed by atoms with Crippen molar-refractivity contribution < 1.29 is 4.74 Å². The average molecular weight is 346 g/mol. The number of halogens is 1. The van der Waals surface area contributed by atoms with Crippen LogP contribution in [0.2, 0.25) is 0 Å². The molecule has 0 fully saturated rings. The summed E-state index contributed by atoms with van der Waals surface area (Å²) in [6.45, 7) is 5.15. The van der Waals surface area contributed by atoms with E-state index in [0.29, 0.717) is 6.04 Å². The number of hydrogen-bond donors (Lipinski definition) is 1. The molecule has 3 heteroatoms. The highest BCUT2D eigenvalue weighted by molar-refractivity contribution is 9.10. The van der Waals surface area contributed by atoms with Crippen molar-refractivity contribution in [3.63, 3.8) is 0 Å². The monoisotopic (exact) mass is 345 g/mol. The minimum absolute atomic E-state index is 0.136. The van der Waals surface area contributed by atoms with Gasteiger partial charge in [0.05, 0.1) is 0 Å². The van der Waals surface area contributed by atoms with Crippen LogP contribution in [0.15, 0.2) is 53.0 Å². The fourth-order valence-corrected chi connectivity index (χ4v) is 3.32. The second kappa shape index (κ2) is 5.82. The molecule has 0 radical (unpaired) electrons. The molecule has 3 rings (SSSR count). The minimum Gasteiger partial charge on any atom is -0.487 e. The summed E-state index contributed by atoms with van der Waals surface area (Å²) in [6.07, 6.45) is 0.970. The zero-order valence-corrected chi connectivity index (χ0v) is 14.0. The predicted molar refractivity (Wildman–Crippen MR) is 89.5 cm³/mol. The van der Waals surface area contributed by atoms with Gasteiger partial charge in [-0.25, -0.2) is 0 Å². The maximum Gasteiger partial charge on any atom is 0.124 e. The third-order valence-electron chi connectivity index (χ3n) is 3.82. The number of para-hydroxylation sites is 1. The van der Waals surface area contributed by atoms with Crippen LogP contribution in [0.1, 0.15) is 37.4 Å². The van der Waals surface area contributed by atoms with Crippen LogP contribution < -0.4 is 10.1 Å². The number of ether oxygens (including phenoxy) is 1. The van der Waals surface area contributed by atoms with Crippen molar-refractivity contribution in [3.8, 4) is 5.75 Å². The third-order valence-corrected chi connectivity index (χ3v) is 4.31. The molecule has 2 aromatic carbocycles. The molecule has 0 bridgehead atoms. The normalized spacial score (nSPS) is 19.7. The van der Waals surface area contributed by atoms with Crippen LogP contribution in [0.4, 0.5) is 0 Å². The first-order valence-corrected chi connectivity index (χ1v) is 8.09. The van der Waals surface area contributed by atoms with Gasteiger partial charge in [-0.1, -0.05) is 46.3 Å². The summed E-state index contributed by atoms with van der Waals surface area (Å²) in [5.74, 6) is 1.00. The van der Waals surface area contributed by atoms with E-state index in [1.165, 1.54) is 11.1 Å². The number of rotatable bonds is 3. The van der Waals surface area contributed by atoms with E-state index in [9.17, 15) is 0 Å². The molecule has 110 valence electrons. The van der Waals surface area contributed by atoms with Crippen LogP contribution in [0.3, 0.4) is 0 Å². The van der Waals surface area contributed by atoms with Crippen LogP contribution in [0, 0.1) is 0 Å². The summed E-state index contributed by atoms with van der Waals surface area (Å²) >= 11 is 3.52. The number of hydrogen-bond acceptors (Lipinski definition) is 2. The lowest BCUT2D eigenvalue weighted by Gasteiger charge is -2.38. The summed E-state index contributed by atoms with van der Waals surface area (Å²) < 4.78 is 7.19. The Morgan fingerprint density at radius 3 is 2.81 bits per heavy atom. The van der Waals surface area contributed by atoms with E-state index in [2.05, 4.69) is 77.6 Å². The van der Waals surface area contributed by atoms with Crippen molar-refractivity contribution in [3.05, 3.63) is 64.1 Å². The van der Waals surface area contributed by atoms with Crippen molar-refractivity contribution >= 4 is 15.9 Å². The first kappa shape index (κ1) is 14.6. The lowest BCUT2D eigenvalue weighted by molar-refractivity contribution is 0.0657. The van der Waals surface area contributed by atoms with E-state index in [1.807, 2.05) is 6.07 Å². The highest BCUT2D eigenvalue weighted by Gasteiger charge is 2.33. The SMILES string of the molecule is CC1(C)CC(NCc2cccc(Br)c2)c2ccccc2O1. The Bertz CT molecular complexity index is 639. The van der Waals surface area contributed by atoms with Gasteiger partial charge >= 0.3 is 0 Å². The van der Waals surface area contributed by atoms with E-state index >= 15 is 0 Å². The van der Waals surface area contributed by atoms with Gasteiger partial charge in [0.1, 0.15) is 11.4 Å². The fraction of sp³-hybridized carbons (Fsp3) is 0.333. The molecule has 0 aromatic heterocycles. The highest BCUT2D eigenvalue weighted by Crippen LogP contribution is 2.39. The second-order valence-electron chi connectivity index (χ2n) is 6.17. The van der Waals surface area contributed by atoms with Gasteiger partial charge in [0.25, 0.3) is 0 Å². The van der Waals surface area contributed by atoms with Gasteiger partial charge in [-0.2, -0.15) is 0 Å². The molecule has 0 spiro atoms. The molecular formula is C18H20BrNO. The quantitative estimate of drug-likeness (QED) is 0.859. The molecule has 0 saturated heterocycles. The molecule has 0 amide bonds. The van der Waals surface area contributed by atoms with E-state index in [-0.39, 0.29) is 5.60 Å². The van der Waals surface area contributed by atoms with Crippen molar-refractivity contribution in [2.24, 2.45) is 0 Å². The van der Waals surface area contributed by atoms with E-state index < -0.39 is 0 Å². The van der Waals surface area contributed by atoms with E-state index in [4.69, 9.17) is 4.74 Å². The van der Waals surface area contributed by atoms with Gasteiger partial charge in [0.2, 0.25) is 0 Å². The Hall–Kier alpha value is -1.32. The Morgan fingerprint density at radius 2 is 2.00 bits per heavy atom. The first-order valence-electron chi connectivity index (χ1n) is 7.29. The predicted octanol–water partition coefficient (Wildman–Crippen LogP) is 4.84. The van der Waals surface area contributed by atoms with Crippen molar-refractivity contribution in [1.82, 2.24) is 5.32 Å². The lowest BCUT2D eigenvalue weighted by atomic mass is 9.89. The molecule has 1 heterocycles. The molecular weight excluding hydrogens is 326 g/mol. The van der Waals surface area contributed by atoms with Crippen molar-refractivity contribution in [2.75, 3.05) is 0 Å². The maximum atomic E-state index is 6.07. The van der Waals surface area contributed by atoms with Gasteiger partial charge in [0, 0.05) is 29.0 Å². The second-order valence-corrected chi connectivity index (χ2v) is 7.08. The molecule has 1 N–H and O–H groups in total. The molecule has 21 heavy (non-hydrogen) atoms. The van der Waals surface area contributed by atoms with Crippen LogP contribution >= 0.6 is 15.9 Å². The van der Waals surface area contributed by atoms with Gasteiger partial charge in [-0.3, -0.25) is 0 Å². The van der Waals surface area contributed by atoms with E-state index in [1.54, 1.807) is 0 Å². The summed E-state index contributed by atoms with van der Waals surface area (Å²) in [5.41, 5.74) is 2.40. The summed E-state index contributed by atoms with van der Waals surface area (Å²) in [5, 5.41) is 3.68. The topological polar surface area (TPSA) is 21.3 Å². The van der Waals surface area contributed by atoms with Crippen LogP contribution in [-0.2, 0) is 6.54 Å². The van der Waals surface area contributed by atoms with Crippen molar-refractivity contribution in [2.45, 2.75) is 38.5 Å². The first-order chi connectivity index (χ1) is 10.0.